The molecule has 13 heavy (non-hydrogen) atoms. The van der Waals surface area contributed by atoms with Crippen molar-refractivity contribution in [2.24, 2.45) is 5.11 Å². The molecule has 1 rings (SSSR count). The lowest BCUT2D eigenvalue weighted by Crippen LogP contribution is -1.82. The van der Waals surface area contributed by atoms with E-state index in [1.165, 1.54) is 4.90 Å². The molecule has 0 fully saturated rings. The number of thioether (sulfide) groups is 1. The third kappa shape index (κ3) is 4.22. The van der Waals surface area contributed by atoms with E-state index in [0.29, 0.717) is 6.54 Å². The maximum absolute atomic E-state index is 8.05. The molecule has 0 aliphatic heterocycles. The molecule has 1 aromatic rings. The topological polar surface area (TPSA) is 48.8 Å². The Balaban J connectivity index is 2.40. The largest absolute Gasteiger partial charge is 0.126 e. The van der Waals surface area contributed by atoms with E-state index in [-0.39, 0.29) is 0 Å². The summed E-state index contributed by atoms with van der Waals surface area (Å²) in [4.78, 5) is 3.87. The highest BCUT2D eigenvalue weighted by Crippen LogP contribution is 2.21. The lowest BCUT2D eigenvalue weighted by atomic mass is 10.4. The van der Waals surface area contributed by atoms with Gasteiger partial charge in [0.1, 0.15) is 0 Å². The van der Waals surface area contributed by atoms with Crippen molar-refractivity contribution in [2.75, 3.05) is 12.3 Å². The molecular weight excluding hydrogens is 250 g/mol. The first-order valence-electron chi connectivity index (χ1n) is 3.72. The highest BCUT2D eigenvalue weighted by atomic mass is 79.9. The summed E-state index contributed by atoms with van der Waals surface area (Å²) in [6.45, 7) is 0.535. The van der Waals surface area contributed by atoms with Gasteiger partial charge in [-0.05, 0) is 23.7 Å². The van der Waals surface area contributed by atoms with Gasteiger partial charge in [0.15, 0.2) is 0 Å². The van der Waals surface area contributed by atoms with E-state index >= 15 is 0 Å². The molecule has 0 spiro atoms. The van der Waals surface area contributed by atoms with E-state index in [0.717, 1.165) is 10.2 Å². The molecule has 0 heterocycles. The first-order chi connectivity index (χ1) is 6.33. The molecule has 0 aliphatic carbocycles. The van der Waals surface area contributed by atoms with Crippen molar-refractivity contribution in [1.82, 2.24) is 0 Å². The van der Waals surface area contributed by atoms with E-state index < -0.39 is 0 Å². The molecule has 0 aliphatic rings. The Bertz CT molecular complexity index is 323. The van der Waals surface area contributed by atoms with Crippen LogP contribution in [0.4, 0.5) is 0 Å². The Hall–Kier alpha value is -0.640. The van der Waals surface area contributed by atoms with Crippen molar-refractivity contribution in [3.05, 3.63) is 39.2 Å². The SMILES string of the molecule is [N-]=[N+]=NCCSc1cccc(Br)c1. The first-order valence-corrected chi connectivity index (χ1v) is 5.50. The van der Waals surface area contributed by atoms with E-state index in [1.807, 2.05) is 24.3 Å². The zero-order valence-corrected chi connectivity index (χ0v) is 9.25. The summed E-state index contributed by atoms with van der Waals surface area (Å²) in [5.74, 6) is 0.820. The summed E-state index contributed by atoms with van der Waals surface area (Å²) in [5, 5.41) is 3.46. The van der Waals surface area contributed by atoms with Crippen LogP contribution in [0.5, 0.6) is 0 Å². The number of halogens is 1. The molecule has 0 N–H and O–H groups in total. The highest BCUT2D eigenvalue weighted by Gasteiger charge is 1.93. The van der Waals surface area contributed by atoms with Gasteiger partial charge in [-0.25, -0.2) is 0 Å². The second-order valence-electron chi connectivity index (χ2n) is 2.26. The van der Waals surface area contributed by atoms with Crippen LogP contribution >= 0.6 is 27.7 Å². The molecule has 1 aromatic carbocycles. The summed E-state index contributed by atoms with van der Waals surface area (Å²) in [7, 11) is 0. The second kappa shape index (κ2) is 5.91. The lowest BCUT2D eigenvalue weighted by Gasteiger charge is -1.98. The van der Waals surface area contributed by atoms with E-state index in [9.17, 15) is 0 Å². The quantitative estimate of drug-likeness (QED) is 0.266. The van der Waals surface area contributed by atoms with Crippen LogP contribution in [-0.2, 0) is 0 Å². The van der Waals surface area contributed by atoms with Gasteiger partial charge in [-0.2, -0.15) is 0 Å². The van der Waals surface area contributed by atoms with Crippen LogP contribution in [0.3, 0.4) is 0 Å². The monoisotopic (exact) mass is 257 g/mol. The summed E-state index contributed by atoms with van der Waals surface area (Å²) in [5.41, 5.74) is 8.05. The Kier molecular flexibility index (Phi) is 4.75. The van der Waals surface area contributed by atoms with Crippen molar-refractivity contribution in [3.8, 4) is 0 Å². The molecular formula is C8H8BrN3S. The summed E-state index contributed by atoms with van der Waals surface area (Å²) in [6, 6.07) is 8.05. The zero-order valence-electron chi connectivity index (χ0n) is 6.85. The summed E-state index contributed by atoms with van der Waals surface area (Å²) >= 11 is 5.07. The minimum absolute atomic E-state index is 0.535. The summed E-state index contributed by atoms with van der Waals surface area (Å²) in [6.07, 6.45) is 0. The maximum atomic E-state index is 8.05. The van der Waals surface area contributed by atoms with Crippen LogP contribution < -0.4 is 0 Å². The molecule has 0 amide bonds. The minimum Gasteiger partial charge on any atom is -0.126 e. The number of nitrogens with zero attached hydrogens (tertiary/aromatic N) is 3. The lowest BCUT2D eigenvalue weighted by molar-refractivity contribution is 1.12. The number of benzene rings is 1. The highest BCUT2D eigenvalue weighted by molar-refractivity contribution is 9.10. The molecule has 5 heteroatoms. The molecule has 0 aromatic heterocycles. The van der Waals surface area contributed by atoms with E-state index in [2.05, 4.69) is 26.0 Å². The molecule has 68 valence electrons. The predicted molar refractivity (Wildman–Crippen MR) is 58.9 cm³/mol. The van der Waals surface area contributed by atoms with Gasteiger partial charge in [-0.1, -0.05) is 27.1 Å². The average Bonchev–Trinajstić information content (AvgIpc) is 2.13. The van der Waals surface area contributed by atoms with Gasteiger partial charge in [0, 0.05) is 26.6 Å². The molecule has 3 nitrogen and oxygen atoms in total. The Morgan fingerprint density at radius 2 is 2.38 bits per heavy atom. The fourth-order valence-corrected chi connectivity index (χ4v) is 2.15. The Labute approximate surface area is 89.3 Å². The van der Waals surface area contributed by atoms with Gasteiger partial charge < -0.3 is 0 Å². The fourth-order valence-electron chi connectivity index (χ4n) is 0.806. The molecule has 0 radical (unpaired) electrons. The molecule has 0 saturated carbocycles. The van der Waals surface area contributed by atoms with Crippen molar-refractivity contribution < 1.29 is 0 Å². The average molecular weight is 258 g/mol. The normalized spacial score (nSPS) is 9.31. The van der Waals surface area contributed by atoms with Crippen LogP contribution in [-0.4, -0.2) is 12.3 Å². The smallest absolute Gasteiger partial charge is 0.0352 e. The molecule has 0 atom stereocenters. The molecule has 0 unspecified atom stereocenters. The maximum Gasteiger partial charge on any atom is 0.0352 e. The number of azide groups is 1. The fraction of sp³-hybridized carbons (Fsp3) is 0.250. The zero-order chi connectivity index (χ0) is 9.52. The number of hydrogen-bond donors (Lipinski definition) is 0. The third-order valence-electron chi connectivity index (χ3n) is 1.32. The van der Waals surface area contributed by atoms with Crippen molar-refractivity contribution in [1.29, 1.82) is 0 Å². The van der Waals surface area contributed by atoms with Crippen LogP contribution in [0, 0.1) is 0 Å². The van der Waals surface area contributed by atoms with Gasteiger partial charge in [0.05, 0.1) is 0 Å². The van der Waals surface area contributed by atoms with Gasteiger partial charge >= 0.3 is 0 Å². The van der Waals surface area contributed by atoms with Crippen molar-refractivity contribution in [3.63, 3.8) is 0 Å². The summed E-state index contributed by atoms with van der Waals surface area (Å²) < 4.78 is 1.07. The van der Waals surface area contributed by atoms with Gasteiger partial charge in [-0.3, -0.25) is 0 Å². The second-order valence-corrected chi connectivity index (χ2v) is 4.34. The van der Waals surface area contributed by atoms with Crippen LogP contribution in [0.25, 0.3) is 10.4 Å². The minimum atomic E-state index is 0.535. The predicted octanol–water partition coefficient (Wildman–Crippen LogP) is 3.85. The van der Waals surface area contributed by atoms with E-state index in [4.69, 9.17) is 5.53 Å². The Morgan fingerprint density at radius 1 is 1.54 bits per heavy atom. The number of rotatable bonds is 4. The molecule has 0 saturated heterocycles. The Morgan fingerprint density at radius 3 is 3.08 bits per heavy atom. The van der Waals surface area contributed by atoms with Crippen LogP contribution in [0.15, 0.2) is 38.7 Å². The van der Waals surface area contributed by atoms with Gasteiger partial charge in [-0.15, -0.1) is 11.8 Å². The van der Waals surface area contributed by atoms with Crippen LogP contribution in [0.2, 0.25) is 0 Å². The molecule has 0 bridgehead atoms. The van der Waals surface area contributed by atoms with Crippen molar-refractivity contribution >= 4 is 27.7 Å². The van der Waals surface area contributed by atoms with Gasteiger partial charge in [0.2, 0.25) is 0 Å². The first kappa shape index (κ1) is 10.4. The van der Waals surface area contributed by atoms with E-state index in [1.54, 1.807) is 11.8 Å². The van der Waals surface area contributed by atoms with Gasteiger partial charge in [0.25, 0.3) is 0 Å². The van der Waals surface area contributed by atoms with Crippen LogP contribution in [0.1, 0.15) is 0 Å². The standard InChI is InChI=1S/C8H8BrN3S/c9-7-2-1-3-8(6-7)13-5-4-11-12-10/h1-3,6H,4-5H2. The third-order valence-corrected chi connectivity index (χ3v) is 2.79. The number of hydrogen-bond acceptors (Lipinski definition) is 2. The van der Waals surface area contributed by atoms with Crippen molar-refractivity contribution in [2.45, 2.75) is 4.90 Å².